The van der Waals surface area contributed by atoms with Crippen LogP contribution < -0.4 is 15.2 Å². The molecule has 0 heterocycles. The van der Waals surface area contributed by atoms with Gasteiger partial charge in [-0.2, -0.15) is 0 Å². The zero-order valence-electron chi connectivity index (χ0n) is 14.3. The van der Waals surface area contributed by atoms with Gasteiger partial charge in [0, 0.05) is 6.07 Å². The molecule has 0 aliphatic carbocycles. The molecular weight excluding hydrogens is 346 g/mol. The van der Waals surface area contributed by atoms with Crippen molar-refractivity contribution in [3.63, 3.8) is 0 Å². The summed E-state index contributed by atoms with van der Waals surface area (Å²) in [6, 6.07) is 24.6. The van der Waals surface area contributed by atoms with Crippen LogP contribution in [0.4, 0.5) is 17.1 Å². The minimum atomic E-state index is -0.548. The molecule has 0 aliphatic rings. The van der Waals surface area contributed by atoms with Gasteiger partial charge in [-0.3, -0.25) is 25.3 Å². The Hall–Kier alpha value is -3.87. The summed E-state index contributed by atoms with van der Waals surface area (Å²) in [6.07, 6.45) is 0. The van der Waals surface area contributed by atoms with Gasteiger partial charge in [-0.05, 0) is 30.3 Å². The highest BCUT2D eigenvalue weighted by atomic mass is 16.6. The minimum absolute atomic E-state index is 0.0450. The van der Waals surface area contributed by atoms with E-state index >= 15 is 0 Å². The van der Waals surface area contributed by atoms with E-state index in [1.807, 2.05) is 60.7 Å². The average Bonchev–Trinajstić information content (AvgIpc) is 2.72. The molecular formula is C20H17N3O4. The number of hydrogen-bond donors (Lipinski definition) is 1. The minimum Gasteiger partial charge on any atom is -0.477 e. The second-order valence-electron chi connectivity index (χ2n) is 5.55. The van der Waals surface area contributed by atoms with Crippen molar-refractivity contribution in [3.05, 3.63) is 95.0 Å². The maximum atomic E-state index is 12.4. The molecule has 0 radical (unpaired) electrons. The molecule has 0 saturated carbocycles. The predicted molar refractivity (Wildman–Crippen MR) is 102 cm³/mol. The van der Waals surface area contributed by atoms with Crippen molar-refractivity contribution >= 4 is 23.0 Å². The van der Waals surface area contributed by atoms with Gasteiger partial charge in [0.15, 0.2) is 12.4 Å². The van der Waals surface area contributed by atoms with Gasteiger partial charge in [-0.1, -0.05) is 48.5 Å². The number of nitrogens with zero attached hydrogens (tertiary/aromatic N) is 2. The fourth-order valence-corrected chi connectivity index (χ4v) is 2.46. The molecule has 0 aromatic heterocycles. The van der Waals surface area contributed by atoms with E-state index in [-0.39, 0.29) is 18.0 Å². The third-order valence-corrected chi connectivity index (χ3v) is 3.69. The highest BCUT2D eigenvalue weighted by Crippen LogP contribution is 2.26. The van der Waals surface area contributed by atoms with Crippen molar-refractivity contribution in [3.8, 4) is 5.75 Å². The van der Waals surface area contributed by atoms with Crippen molar-refractivity contribution in [2.45, 2.75) is 0 Å². The Balaban J connectivity index is 1.73. The number of nitrogens with one attached hydrogen (secondary N) is 1. The number of benzene rings is 3. The van der Waals surface area contributed by atoms with Crippen LogP contribution in [-0.4, -0.2) is 17.4 Å². The topological polar surface area (TPSA) is 84.7 Å². The molecule has 3 aromatic rings. The molecule has 1 amide bonds. The molecule has 1 N–H and O–H groups in total. The van der Waals surface area contributed by atoms with E-state index in [1.54, 1.807) is 11.1 Å². The number of hydrogen-bond acceptors (Lipinski definition) is 5. The Kier molecular flexibility index (Phi) is 5.64. The Morgan fingerprint density at radius 2 is 1.41 bits per heavy atom. The van der Waals surface area contributed by atoms with Crippen molar-refractivity contribution in [2.75, 3.05) is 11.6 Å². The molecule has 7 heteroatoms. The smallest absolute Gasteiger partial charge is 0.310 e. The first kappa shape index (κ1) is 17.9. The van der Waals surface area contributed by atoms with Gasteiger partial charge in [0.25, 0.3) is 5.91 Å². The lowest BCUT2D eigenvalue weighted by Crippen LogP contribution is -2.41. The lowest BCUT2D eigenvalue weighted by molar-refractivity contribution is -0.385. The zero-order valence-corrected chi connectivity index (χ0v) is 14.3. The summed E-state index contributed by atoms with van der Waals surface area (Å²) in [6.45, 7) is -0.360. The van der Waals surface area contributed by atoms with Gasteiger partial charge in [0.05, 0.1) is 16.3 Å². The fourth-order valence-electron chi connectivity index (χ4n) is 2.46. The van der Waals surface area contributed by atoms with Gasteiger partial charge in [0.1, 0.15) is 0 Å². The van der Waals surface area contributed by atoms with E-state index in [4.69, 9.17) is 4.74 Å². The van der Waals surface area contributed by atoms with Crippen molar-refractivity contribution in [2.24, 2.45) is 0 Å². The SMILES string of the molecule is O=C(COc1ccccc1[N+](=O)[O-])NN(c1ccccc1)c1ccccc1. The summed E-state index contributed by atoms with van der Waals surface area (Å²) in [5.74, 6) is -0.399. The number of ether oxygens (including phenoxy) is 1. The number of anilines is 2. The average molecular weight is 363 g/mol. The largest absolute Gasteiger partial charge is 0.477 e. The van der Waals surface area contributed by atoms with Crippen LogP contribution in [0.1, 0.15) is 0 Å². The van der Waals surface area contributed by atoms with Crippen LogP contribution in [0.15, 0.2) is 84.9 Å². The van der Waals surface area contributed by atoms with E-state index in [9.17, 15) is 14.9 Å². The third-order valence-electron chi connectivity index (χ3n) is 3.69. The first-order valence-corrected chi connectivity index (χ1v) is 8.21. The number of hydrazine groups is 1. The standard InChI is InChI=1S/C20H17N3O4/c24-20(15-27-19-14-8-7-13-18(19)23(25)26)21-22(16-9-3-1-4-10-16)17-11-5-2-6-12-17/h1-14H,15H2,(H,21,24). The maximum absolute atomic E-state index is 12.4. The van der Waals surface area contributed by atoms with E-state index in [2.05, 4.69) is 5.43 Å². The van der Waals surface area contributed by atoms with Gasteiger partial charge >= 0.3 is 5.69 Å². The molecule has 0 bridgehead atoms. The normalized spacial score (nSPS) is 10.1. The second-order valence-corrected chi connectivity index (χ2v) is 5.55. The number of rotatable bonds is 7. The number of nitro benzene ring substituents is 1. The van der Waals surface area contributed by atoms with Crippen LogP contribution in [0.5, 0.6) is 5.75 Å². The number of nitro groups is 1. The third kappa shape index (κ3) is 4.60. The lowest BCUT2D eigenvalue weighted by Gasteiger charge is -2.25. The molecule has 0 aliphatic heterocycles. The van der Waals surface area contributed by atoms with Crippen LogP contribution in [-0.2, 0) is 4.79 Å². The molecule has 136 valence electrons. The van der Waals surface area contributed by atoms with Gasteiger partial charge < -0.3 is 4.74 Å². The lowest BCUT2D eigenvalue weighted by atomic mass is 10.2. The number of para-hydroxylation sites is 4. The quantitative estimate of drug-likeness (QED) is 0.509. The Labute approximate surface area is 155 Å². The zero-order chi connectivity index (χ0) is 19.1. The summed E-state index contributed by atoms with van der Waals surface area (Å²) in [7, 11) is 0. The van der Waals surface area contributed by atoms with E-state index < -0.39 is 10.8 Å². The second kappa shape index (κ2) is 8.48. The van der Waals surface area contributed by atoms with Crippen LogP contribution in [0, 0.1) is 10.1 Å². The summed E-state index contributed by atoms with van der Waals surface area (Å²) in [5.41, 5.74) is 4.11. The van der Waals surface area contributed by atoms with Crippen LogP contribution in [0.2, 0.25) is 0 Å². The molecule has 27 heavy (non-hydrogen) atoms. The van der Waals surface area contributed by atoms with Gasteiger partial charge in [0.2, 0.25) is 0 Å². The van der Waals surface area contributed by atoms with Crippen LogP contribution in [0.25, 0.3) is 0 Å². The van der Waals surface area contributed by atoms with E-state index in [0.717, 1.165) is 11.4 Å². The van der Waals surface area contributed by atoms with E-state index in [1.165, 1.54) is 18.2 Å². The van der Waals surface area contributed by atoms with Crippen LogP contribution in [0.3, 0.4) is 0 Å². The molecule has 3 rings (SSSR count). The number of carbonyl (C=O) groups excluding carboxylic acids is 1. The first-order valence-electron chi connectivity index (χ1n) is 8.21. The monoisotopic (exact) mass is 363 g/mol. The maximum Gasteiger partial charge on any atom is 0.310 e. The molecule has 0 saturated heterocycles. The van der Waals surface area contributed by atoms with E-state index in [0.29, 0.717) is 0 Å². The van der Waals surface area contributed by atoms with Gasteiger partial charge in [-0.25, -0.2) is 0 Å². The Morgan fingerprint density at radius 1 is 0.889 bits per heavy atom. The van der Waals surface area contributed by atoms with Gasteiger partial charge in [-0.15, -0.1) is 0 Å². The molecule has 0 atom stereocenters. The number of carbonyl (C=O) groups is 1. The molecule has 3 aromatic carbocycles. The van der Waals surface area contributed by atoms with Crippen molar-refractivity contribution < 1.29 is 14.5 Å². The Morgan fingerprint density at radius 3 is 1.96 bits per heavy atom. The first-order chi connectivity index (χ1) is 13.1. The van der Waals surface area contributed by atoms with Crippen molar-refractivity contribution in [1.82, 2.24) is 5.43 Å². The summed E-state index contributed by atoms with van der Waals surface area (Å²) < 4.78 is 5.35. The van der Waals surface area contributed by atoms with Crippen LogP contribution >= 0.6 is 0 Å². The molecule has 0 fully saturated rings. The highest BCUT2D eigenvalue weighted by molar-refractivity contribution is 5.82. The summed E-state index contributed by atoms with van der Waals surface area (Å²) in [4.78, 5) is 22.9. The van der Waals surface area contributed by atoms with Crippen molar-refractivity contribution in [1.29, 1.82) is 0 Å². The summed E-state index contributed by atoms with van der Waals surface area (Å²) >= 11 is 0. The highest BCUT2D eigenvalue weighted by Gasteiger charge is 2.17. The fraction of sp³-hybridized carbons (Fsp3) is 0.0500. The number of amides is 1. The molecule has 0 unspecified atom stereocenters. The predicted octanol–water partition coefficient (Wildman–Crippen LogP) is 3.84. The molecule has 7 nitrogen and oxygen atoms in total. The molecule has 0 spiro atoms. The Bertz CT molecular complexity index is 877. The summed E-state index contributed by atoms with van der Waals surface area (Å²) in [5, 5.41) is 12.7.